The van der Waals surface area contributed by atoms with Crippen LogP contribution < -0.4 is 10.6 Å². The fraction of sp³-hybridized carbons (Fsp3) is 0.524. The average molecular weight is 370 g/mol. The third-order valence-corrected chi connectivity index (χ3v) is 4.54. The minimum absolute atomic E-state index is 0.0800. The summed E-state index contributed by atoms with van der Waals surface area (Å²) in [6.07, 6.45) is 5.82. The molecule has 0 aromatic heterocycles. The number of nitrogens with one attached hydrogen (secondary N) is 2. The van der Waals surface area contributed by atoms with Crippen molar-refractivity contribution in [2.24, 2.45) is 0 Å². The molecular weight excluding hydrogens is 340 g/mol. The number of morpholine rings is 1. The number of aryl methyl sites for hydroxylation is 1. The number of carbonyl (C=O) groups excluding carboxylic acids is 1. The number of carbonyl (C=O) groups is 1. The fourth-order valence-electron chi connectivity index (χ4n) is 2.89. The Morgan fingerprint density at radius 1 is 1.26 bits per heavy atom. The molecule has 2 rings (SSSR count). The molecule has 1 fully saturated rings. The highest BCUT2D eigenvalue weighted by Crippen LogP contribution is 2.12. The zero-order valence-corrected chi connectivity index (χ0v) is 16.2. The standard InChI is InChI=1S/C21H30N4O2/c1-2-3-5-18-6-8-20(9-7-18)24-21(26)19(16-22)17-23-10-4-11-25-12-14-27-15-13-25/h6-9,17,23H,2-5,10-15H2,1H3,(H,24,26)/b19-17-. The molecule has 1 saturated heterocycles. The lowest BCUT2D eigenvalue weighted by Gasteiger charge is -2.26. The molecule has 0 spiro atoms. The van der Waals surface area contributed by atoms with Crippen LogP contribution in [0, 0.1) is 11.3 Å². The molecule has 1 amide bonds. The van der Waals surface area contributed by atoms with E-state index in [1.54, 1.807) is 0 Å². The quantitative estimate of drug-likeness (QED) is 0.376. The Morgan fingerprint density at radius 2 is 2.00 bits per heavy atom. The van der Waals surface area contributed by atoms with Crippen molar-refractivity contribution >= 4 is 11.6 Å². The summed E-state index contributed by atoms with van der Waals surface area (Å²) in [5.74, 6) is -0.389. The summed E-state index contributed by atoms with van der Waals surface area (Å²) in [4.78, 5) is 14.6. The molecule has 1 aromatic carbocycles. The Hall–Kier alpha value is -2.36. The Balaban J connectivity index is 1.73. The Bertz CT molecular complexity index is 643. The molecule has 0 unspecified atom stereocenters. The smallest absolute Gasteiger partial charge is 0.267 e. The second-order valence-corrected chi connectivity index (χ2v) is 6.69. The number of benzene rings is 1. The summed E-state index contributed by atoms with van der Waals surface area (Å²) in [5, 5.41) is 15.1. The molecular formula is C21H30N4O2. The van der Waals surface area contributed by atoms with Crippen LogP contribution in [0.4, 0.5) is 5.69 Å². The second-order valence-electron chi connectivity index (χ2n) is 6.69. The van der Waals surface area contributed by atoms with Gasteiger partial charge in [-0.1, -0.05) is 25.5 Å². The summed E-state index contributed by atoms with van der Waals surface area (Å²) in [6.45, 7) is 7.42. The Labute approximate surface area is 162 Å². The first-order chi connectivity index (χ1) is 13.2. The van der Waals surface area contributed by atoms with E-state index in [-0.39, 0.29) is 11.5 Å². The minimum Gasteiger partial charge on any atom is -0.390 e. The molecule has 0 saturated carbocycles. The maximum Gasteiger partial charge on any atom is 0.267 e. The number of rotatable bonds is 10. The normalized spacial score (nSPS) is 15.2. The lowest BCUT2D eigenvalue weighted by Crippen LogP contribution is -2.37. The maximum atomic E-state index is 12.2. The van der Waals surface area contributed by atoms with Gasteiger partial charge >= 0.3 is 0 Å². The van der Waals surface area contributed by atoms with Gasteiger partial charge in [0.2, 0.25) is 0 Å². The minimum atomic E-state index is -0.389. The van der Waals surface area contributed by atoms with Gasteiger partial charge in [0.1, 0.15) is 11.6 Å². The first-order valence-corrected chi connectivity index (χ1v) is 9.77. The zero-order chi connectivity index (χ0) is 19.3. The van der Waals surface area contributed by atoms with Crippen LogP contribution in [-0.4, -0.2) is 50.2 Å². The van der Waals surface area contributed by atoms with Gasteiger partial charge in [0, 0.05) is 31.5 Å². The summed E-state index contributed by atoms with van der Waals surface area (Å²) >= 11 is 0. The summed E-state index contributed by atoms with van der Waals surface area (Å²) in [5.41, 5.74) is 2.04. The van der Waals surface area contributed by atoms with Crippen molar-refractivity contribution in [3.63, 3.8) is 0 Å². The van der Waals surface area contributed by atoms with Gasteiger partial charge in [-0.25, -0.2) is 0 Å². The van der Waals surface area contributed by atoms with E-state index in [1.165, 1.54) is 11.8 Å². The van der Waals surface area contributed by atoms with Crippen molar-refractivity contribution in [3.8, 4) is 6.07 Å². The molecule has 1 aliphatic heterocycles. The second kappa shape index (κ2) is 12.1. The van der Waals surface area contributed by atoms with E-state index in [9.17, 15) is 10.1 Å². The van der Waals surface area contributed by atoms with Crippen LogP contribution >= 0.6 is 0 Å². The van der Waals surface area contributed by atoms with E-state index in [0.29, 0.717) is 5.69 Å². The molecule has 1 heterocycles. The number of unbranched alkanes of at least 4 members (excludes halogenated alkanes) is 1. The van der Waals surface area contributed by atoms with Gasteiger partial charge in [-0.2, -0.15) is 5.26 Å². The lowest BCUT2D eigenvalue weighted by molar-refractivity contribution is -0.112. The van der Waals surface area contributed by atoms with Crippen LogP contribution in [0.3, 0.4) is 0 Å². The lowest BCUT2D eigenvalue weighted by atomic mass is 10.1. The van der Waals surface area contributed by atoms with Gasteiger partial charge in [0.05, 0.1) is 13.2 Å². The molecule has 0 aliphatic carbocycles. The molecule has 27 heavy (non-hydrogen) atoms. The highest BCUT2D eigenvalue weighted by atomic mass is 16.5. The van der Waals surface area contributed by atoms with Gasteiger partial charge in [0.25, 0.3) is 5.91 Å². The number of nitriles is 1. The van der Waals surface area contributed by atoms with Crippen LogP contribution in [-0.2, 0) is 16.0 Å². The van der Waals surface area contributed by atoms with E-state index < -0.39 is 0 Å². The summed E-state index contributed by atoms with van der Waals surface area (Å²) in [7, 11) is 0. The molecule has 0 atom stereocenters. The number of nitrogens with zero attached hydrogens (tertiary/aromatic N) is 2. The van der Waals surface area contributed by atoms with Crippen LogP contribution in [0.1, 0.15) is 31.7 Å². The van der Waals surface area contributed by atoms with E-state index in [1.807, 2.05) is 30.3 Å². The predicted octanol–water partition coefficient (Wildman–Crippen LogP) is 2.69. The number of hydrogen-bond donors (Lipinski definition) is 2. The third kappa shape index (κ3) is 7.81. The van der Waals surface area contributed by atoms with Gasteiger partial charge in [-0.05, 0) is 43.5 Å². The van der Waals surface area contributed by atoms with E-state index >= 15 is 0 Å². The van der Waals surface area contributed by atoms with Crippen molar-refractivity contribution < 1.29 is 9.53 Å². The Morgan fingerprint density at radius 3 is 2.67 bits per heavy atom. The van der Waals surface area contributed by atoms with Crippen molar-refractivity contribution in [2.75, 3.05) is 44.7 Å². The van der Waals surface area contributed by atoms with Crippen LogP contribution in [0.25, 0.3) is 0 Å². The first kappa shape index (κ1) is 20.9. The number of hydrogen-bond acceptors (Lipinski definition) is 5. The van der Waals surface area contributed by atoms with Crippen LogP contribution in [0.15, 0.2) is 36.0 Å². The third-order valence-electron chi connectivity index (χ3n) is 4.54. The van der Waals surface area contributed by atoms with E-state index in [0.717, 1.165) is 65.1 Å². The average Bonchev–Trinajstić information content (AvgIpc) is 2.71. The van der Waals surface area contributed by atoms with Crippen molar-refractivity contribution in [3.05, 3.63) is 41.6 Å². The molecule has 2 N–H and O–H groups in total. The molecule has 0 radical (unpaired) electrons. The van der Waals surface area contributed by atoms with Gasteiger partial charge in [0.15, 0.2) is 0 Å². The highest BCUT2D eigenvalue weighted by molar-refractivity contribution is 6.06. The van der Waals surface area contributed by atoms with Gasteiger partial charge in [-0.15, -0.1) is 0 Å². The number of amides is 1. The first-order valence-electron chi connectivity index (χ1n) is 9.77. The summed E-state index contributed by atoms with van der Waals surface area (Å²) in [6, 6.07) is 9.76. The molecule has 1 aliphatic rings. The Kier molecular flexibility index (Phi) is 9.39. The van der Waals surface area contributed by atoms with Crippen LogP contribution in [0.5, 0.6) is 0 Å². The monoisotopic (exact) mass is 370 g/mol. The predicted molar refractivity (Wildman–Crippen MR) is 107 cm³/mol. The fourth-order valence-corrected chi connectivity index (χ4v) is 2.89. The van der Waals surface area contributed by atoms with Crippen molar-refractivity contribution in [1.29, 1.82) is 5.26 Å². The van der Waals surface area contributed by atoms with Crippen LogP contribution in [0.2, 0.25) is 0 Å². The molecule has 6 nitrogen and oxygen atoms in total. The SMILES string of the molecule is CCCCc1ccc(NC(=O)/C(C#N)=C\NCCCN2CCOCC2)cc1. The molecule has 0 bridgehead atoms. The topological polar surface area (TPSA) is 77.4 Å². The highest BCUT2D eigenvalue weighted by Gasteiger charge is 2.10. The van der Waals surface area contributed by atoms with E-state index in [2.05, 4.69) is 22.5 Å². The number of ether oxygens (including phenoxy) is 1. The zero-order valence-electron chi connectivity index (χ0n) is 16.2. The number of anilines is 1. The van der Waals surface area contributed by atoms with Gasteiger partial charge < -0.3 is 15.4 Å². The summed E-state index contributed by atoms with van der Waals surface area (Å²) < 4.78 is 5.32. The molecule has 6 heteroatoms. The van der Waals surface area contributed by atoms with Gasteiger partial charge in [-0.3, -0.25) is 9.69 Å². The van der Waals surface area contributed by atoms with Crippen molar-refractivity contribution in [1.82, 2.24) is 10.2 Å². The van der Waals surface area contributed by atoms with Crippen molar-refractivity contribution in [2.45, 2.75) is 32.6 Å². The maximum absolute atomic E-state index is 12.2. The largest absolute Gasteiger partial charge is 0.390 e. The molecule has 1 aromatic rings. The molecule has 146 valence electrons. The van der Waals surface area contributed by atoms with E-state index in [4.69, 9.17) is 4.74 Å².